The number of ether oxygens (including phenoxy) is 2. The van der Waals surface area contributed by atoms with Crippen LogP contribution in [0.25, 0.3) is 0 Å². The third-order valence-electron chi connectivity index (χ3n) is 5.02. The summed E-state index contributed by atoms with van der Waals surface area (Å²) in [6.45, 7) is 5.86. The van der Waals surface area contributed by atoms with Crippen molar-refractivity contribution in [2.75, 3.05) is 0 Å². The van der Waals surface area contributed by atoms with Crippen molar-refractivity contribution in [1.29, 1.82) is 0 Å². The maximum absolute atomic E-state index is 13.0. The summed E-state index contributed by atoms with van der Waals surface area (Å²) in [4.78, 5) is 30.4. The van der Waals surface area contributed by atoms with Gasteiger partial charge in [-0.15, -0.1) is 0 Å². The van der Waals surface area contributed by atoms with Crippen LogP contribution in [-0.2, 0) is 29.1 Å². The molecule has 3 rings (SSSR count). The molecule has 0 fully saturated rings. The molecule has 2 aromatic carbocycles. The minimum absolute atomic E-state index is 0.156. The molecule has 0 radical (unpaired) electrons. The highest BCUT2D eigenvalue weighted by Gasteiger charge is 2.25. The van der Waals surface area contributed by atoms with E-state index in [0.717, 1.165) is 17.5 Å². The van der Waals surface area contributed by atoms with E-state index in [1.165, 1.54) is 0 Å². The second-order valence-corrected chi connectivity index (χ2v) is 7.39. The van der Waals surface area contributed by atoms with Gasteiger partial charge in [-0.2, -0.15) is 0 Å². The summed E-state index contributed by atoms with van der Waals surface area (Å²) >= 11 is 0. The van der Waals surface area contributed by atoms with Crippen LogP contribution in [-0.4, -0.2) is 16.9 Å². The molecule has 0 bridgehead atoms. The quantitative estimate of drug-likeness (QED) is 0.461. The molecule has 160 valence electrons. The molecule has 3 aromatic rings. The van der Waals surface area contributed by atoms with Crippen molar-refractivity contribution in [2.24, 2.45) is 0 Å². The molecular formula is C26H27NO4. The highest BCUT2D eigenvalue weighted by Crippen LogP contribution is 2.24. The molecule has 1 aromatic heterocycles. The highest BCUT2D eigenvalue weighted by molar-refractivity contribution is 5.99. The molecule has 0 saturated heterocycles. The number of nitrogens with zero attached hydrogens (tertiary/aromatic N) is 1. The fraction of sp³-hybridized carbons (Fsp3) is 0.269. The summed E-state index contributed by atoms with van der Waals surface area (Å²) in [5, 5.41) is 0. The normalized spacial score (nSPS) is 10.5. The first-order valence-electron chi connectivity index (χ1n) is 10.4. The zero-order valence-corrected chi connectivity index (χ0v) is 18.2. The Morgan fingerprint density at radius 2 is 1.26 bits per heavy atom. The second kappa shape index (κ2) is 10.5. The van der Waals surface area contributed by atoms with Crippen LogP contribution in [0.4, 0.5) is 0 Å². The molecule has 0 unspecified atom stereocenters. The van der Waals surface area contributed by atoms with E-state index in [2.05, 4.69) is 4.98 Å². The predicted octanol–water partition coefficient (Wildman–Crippen LogP) is 5.36. The lowest BCUT2D eigenvalue weighted by Crippen LogP contribution is -2.19. The molecule has 1 heterocycles. The monoisotopic (exact) mass is 417 g/mol. The van der Waals surface area contributed by atoms with Crippen molar-refractivity contribution in [1.82, 2.24) is 4.98 Å². The summed E-state index contributed by atoms with van der Waals surface area (Å²) < 4.78 is 11.1. The van der Waals surface area contributed by atoms with Gasteiger partial charge in [-0.05, 0) is 37.0 Å². The number of esters is 2. The first kappa shape index (κ1) is 22.2. The molecule has 5 nitrogen and oxygen atoms in total. The molecule has 5 heteroatoms. The minimum atomic E-state index is -0.494. The summed E-state index contributed by atoms with van der Waals surface area (Å²) in [6, 6.07) is 19.0. The predicted molar refractivity (Wildman–Crippen MR) is 119 cm³/mol. The Balaban J connectivity index is 1.86. The standard InChI is InChI=1S/C26H27NO4/c1-4-11-22-24(26(29)31-17-21-14-9-6-10-15-21)18(2)23(19(3)27-22)25(28)30-16-20-12-7-5-8-13-20/h5-10,12-15H,4,11,16-17H2,1-3H3. The third kappa shape index (κ3) is 5.57. The van der Waals surface area contributed by atoms with Crippen molar-refractivity contribution in [2.45, 2.75) is 46.8 Å². The lowest BCUT2D eigenvalue weighted by Gasteiger charge is -2.17. The Kier molecular flexibility index (Phi) is 7.55. The molecule has 0 saturated carbocycles. The van der Waals surface area contributed by atoms with Crippen molar-refractivity contribution in [3.8, 4) is 0 Å². The number of hydrogen-bond acceptors (Lipinski definition) is 5. The average Bonchev–Trinajstić information content (AvgIpc) is 2.77. The Labute approximate surface area is 183 Å². The molecule has 0 N–H and O–H groups in total. The van der Waals surface area contributed by atoms with Gasteiger partial charge in [0.1, 0.15) is 13.2 Å². The molecule has 0 aliphatic carbocycles. The van der Waals surface area contributed by atoms with Crippen LogP contribution in [0.2, 0.25) is 0 Å². The molecule has 0 aliphatic rings. The van der Waals surface area contributed by atoms with E-state index in [1.54, 1.807) is 13.8 Å². The first-order valence-corrected chi connectivity index (χ1v) is 10.4. The van der Waals surface area contributed by atoms with Crippen LogP contribution in [0.3, 0.4) is 0 Å². The smallest absolute Gasteiger partial charge is 0.340 e. The van der Waals surface area contributed by atoms with E-state index in [9.17, 15) is 9.59 Å². The number of hydrogen-bond donors (Lipinski definition) is 0. The highest BCUT2D eigenvalue weighted by atomic mass is 16.5. The molecule has 31 heavy (non-hydrogen) atoms. The molecule has 0 spiro atoms. The van der Waals surface area contributed by atoms with E-state index in [4.69, 9.17) is 9.47 Å². The van der Waals surface area contributed by atoms with E-state index in [-0.39, 0.29) is 13.2 Å². The number of aromatic nitrogens is 1. The van der Waals surface area contributed by atoms with Crippen LogP contribution in [0, 0.1) is 13.8 Å². The average molecular weight is 418 g/mol. The number of carbonyl (C=O) groups is 2. The first-order chi connectivity index (χ1) is 15.0. The Morgan fingerprint density at radius 3 is 1.74 bits per heavy atom. The molecule has 0 aliphatic heterocycles. The fourth-order valence-corrected chi connectivity index (χ4v) is 3.51. The number of aryl methyl sites for hydroxylation is 2. The second-order valence-electron chi connectivity index (χ2n) is 7.39. The zero-order valence-electron chi connectivity index (χ0n) is 18.2. The number of pyridine rings is 1. The molecule has 0 atom stereocenters. The summed E-state index contributed by atoms with van der Waals surface area (Å²) in [6.07, 6.45) is 1.44. The van der Waals surface area contributed by atoms with Gasteiger partial charge >= 0.3 is 11.9 Å². The van der Waals surface area contributed by atoms with E-state index >= 15 is 0 Å². The number of carbonyl (C=O) groups excluding carboxylic acids is 2. The molecular weight excluding hydrogens is 390 g/mol. The largest absolute Gasteiger partial charge is 0.457 e. The summed E-state index contributed by atoms with van der Waals surface area (Å²) in [7, 11) is 0. The topological polar surface area (TPSA) is 65.5 Å². The SMILES string of the molecule is CCCc1nc(C)c(C(=O)OCc2ccccc2)c(C)c1C(=O)OCc1ccccc1. The lowest BCUT2D eigenvalue weighted by molar-refractivity contribution is 0.0466. The van der Waals surface area contributed by atoms with Gasteiger partial charge in [-0.3, -0.25) is 4.98 Å². The van der Waals surface area contributed by atoms with Crippen molar-refractivity contribution in [3.63, 3.8) is 0 Å². The van der Waals surface area contributed by atoms with Crippen molar-refractivity contribution in [3.05, 3.63) is 99.9 Å². The van der Waals surface area contributed by atoms with Gasteiger partial charge in [0.25, 0.3) is 0 Å². The summed E-state index contributed by atoms with van der Waals surface area (Å²) in [5.74, 6) is -0.971. The van der Waals surface area contributed by atoms with Gasteiger partial charge in [0.05, 0.1) is 22.5 Å². The van der Waals surface area contributed by atoms with Crippen LogP contribution < -0.4 is 0 Å². The maximum atomic E-state index is 13.0. The maximum Gasteiger partial charge on any atom is 0.340 e. The van der Waals surface area contributed by atoms with E-state index < -0.39 is 11.9 Å². The number of rotatable bonds is 8. The van der Waals surface area contributed by atoms with Gasteiger partial charge in [0.2, 0.25) is 0 Å². The Bertz CT molecular complexity index is 1050. The van der Waals surface area contributed by atoms with Gasteiger partial charge in [0.15, 0.2) is 0 Å². The molecule has 0 amide bonds. The van der Waals surface area contributed by atoms with Gasteiger partial charge < -0.3 is 9.47 Å². The van der Waals surface area contributed by atoms with E-state index in [0.29, 0.717) is 34.5 Å². The fourth-order valence-electron chi connectivity index (χ4n) is 3.51. The third-order valence-corrected chi connectivity index (χ3v) is 5.02. The lowest BCUT2D eigenvalue weighted by atomic mass is 9.97. The zero-order chi connectivity index (χ0) is 22.2. The summed E-state index contributed by atoms with van der Waals surface area (Å²) in [5.41, 5.74) is 4.22. The minimum Gasteiger partial charge on any atom is -0.457 e. The van der Waals surface area contributed by atoms with Crippen molar-refractivity contribution < 1.29 is 19.1 Å². The van der Waals surface area contributed by atoms with Gasteiger partial charge in [-0.1, -0.05) is 74.0 Å². The van der Waals surface area contributed by atoms with Crippen LogP contribution >= 0.6 is 0 Å². The van der Waals surface area contributed by atoms with Gasteiger partial charge in [0, 0.05) is 0 Å². The van der Waals surface area contributed by atoms with Gasteiger partial charge in [-0.25, -0.2) is 9.59 Å². The Morgan fingerprint density at radius 1 is 0.774 bits per heavy atom. The van der Waals surface area contributed by atoms with E-state index in [1.807, 2.05) is 67.6 Å². The number of benzene rings is 2. The van der Waals surface area contributed by atoms with Crippen molar-refractivity contribution >= 4 is 11.9 Å². The van der Waals surface area contributed by atoms with Crippen LogP contribution in [0.15, 0.2) is 60.7 Å². The Hall–Kier alpha value is -3.47. The van der Waals surface area contributed by atoms with Crippen LogP contribution in [0.5, 0.6) is 0 Å². The van der Waals surface area contributed by atoms with Crippen LogP contribution in [0.1, 0.15) is 62.1 Å².